The van der Waals surface area contributed by atoms with Gasteiger partial charge in [0.1, 0.15) is 5.82 Å². The molecule has 108 valence electrons. The number of fused-ring (bicyclic) bond motifs is 1. The van der Waals surface area contributed by atoms with Crippen LogP contribution in [0, 0.1) is 12.7 Å². The quantitative estimate of drug-likeness (QED) is 0.801. The third kappa shape index (κ3) is 2.52. The van der Waals surface area contributed by atoms with Gasteiger partial charge >= 0.3 is 0 Å². The van der Waals surface area contributed by atoms with Gasteiger partial charge in [-0.05, 0) is 36.7 Å². The number of aryl methyl sites for hydroxylation is 1. The lowest BCUT2D eigenvalue weighted by Crippen LogP contribution is -2.22. The highest BCUT2D eigenvalue weighted by Crippen LogP contribution is 2.28. The lowest BCUT2D eigenvalue weighted by Gasteiger charge is -2.19. The molecule has 1 unspecified atom stereocenters. The number of benzene rings is 1. The van der Waals surface area contributed by atoms with E-state index < -0.39 is 0 Å². The van der Waals surface area contributed by atoms with Gasteiger partial charge in [-0.2, -0.15) is 5.10 Å². The fourth-order valence-electron chi connectivity index (χ4n) is 2.63. The first-order valence-electron chi connectivity index (χ1n) is 6.97. The maximum Gasteiger partial charge on any atom is 0.123 e. The van der Waals surface area contributed by atoms with Gasteiger partial charge in [0.05, 0.1) is 24.0 Å². The average Bonchev–Trinajstić information content (AvgIpc) is 2.89. The van der Waals surface area contributed by atoms with Gasteiger partial charge in [-0.3, -0.25) is 4.98 Å². The Morgan fingerprint density at radius 1 is 1.29 bits per heavy atom. The molecule has 1 aromatic carbocycles. The van der Waals surface area contributed by atoms with E-state index in [2.05, 4.69) is 22.3 Å². The summed E-state index contributed by atoms with van der Waals surface area (Å²) < 4.78 is 15.1. The molecular formula is C16H17FN4. The van der Waals surface area contributed by atoms with Crippen LogP contribution in [0.3, 0.4) is 0 Å². The summed E-state index contributed by atoms with van der Waals surface area (Å²) in [5.74, 6) is -0.215. The van der Waals surface area contributed by atoms with Crippen LogP contribution >= 0.6 is 0 Å². The molecule has 2 heterocycles. The van der Waals surface area contributed by atoms with Gasteiger partial charge in [0, 0.05) is 18.0 Å². The van der Waals surface area contributed by atoms with Crippen LogP contribution < -0.4 is 5.32 Å². The van der Waals surface area contributed by atoms with E-state index in [9.17, 15) is 4.39 Å². The standard InChI is InChI=1S/C16H17FN4/c1-3-19-16(13-5-4-12(17)8-11(13)2)14-9-20-21-7-6-18-10-15(14)21/h4-10,16,19H,3H2,1-2H3. The number of hydrogen-bond donors (Lipinski definition) is 1. The van der Waals surface area contributed by atoms with Crippen molar-refractivity contribution in [2.45, 2.75) is 19.9 Å². The first kappa shape index (κ1) is 13.7. The number of halogens is 1. The van der Waals surface area contributed by atoms with E-state index in [0.717, 1.165) is 28.8 Å². The Morgan fingerprint density at radius 3 is 2.90 bits per heavy atom. The fraction of sp³-hybridized carbons (Fsp3) is 0.250. The number of hydrogen-bond acceptors (Lipinski definition) is 3. The Labute approximate surface area is 122 Å². The molecule has 3 rings (SSSR count). The highest BCUT2D eigenvalue weighted by atomic mass is 19.1. The molecule has 1 N–H and O–H groups in total. The normalized spacial score (nSPS) is 12.7. The van der Waals surface area contributed by atoms with Gasteiger partial charge in [0.15, 0.2) is 0 Å². The van der Waals surface area contributed by atoms with Crippen LogP contribution in [-0.2, 0) is 0 Å². The predicted molar refractivity (Wildman–Crippen MR) is 79.6 cm³/mol. The highest BCUT2D eigenvalue weighted by molar-refractivity contribution is 5.56. The van der Waals surface area contributed by atoms with E-state index in [-0.39, 0.29) is 11.9 Å². The highest BCUT2D eigenvalue weighted by Gasteiger charge is 2.19. The molecule has 0 aliphatic carbocycles. The zero-order valence-electron chi connectivity index (χ0n) is 12.0. The minimum atomic E-state index is -0.215. The molecule has 0 bridgehead atoms. The van der Waals surface area contributed by atoms with Crippen LogP contribution in [0.5, 0.6) is 0 Å². The number of nitrogens with zero attached hydrogens (tertiary/aromatic N) is 3. The molecule has 1 atom stereocenters. The summed E-state index contributed by atoms with van der Waals surface area (Å²) in [6.45, 7) is 4.78. The molecule has 21 heavy (non-hydrogen) atoms. The molecule has 0 saturated heterocycles. The zero-order chi connectivity index (χ0) is 14.8. The molecule has 5 heteroatoms. The first-order valence-corrected chi connectivity index (χ1v) is 6.97. The minimum Gasteiger partial charge on any atom is -0.306 e. The second-order valence-electron chi connectivity index (χ2n) is 5.00. The molecule has 0 spiro atoms. The molecule has 0 aliphatic heterocycles. The second-order valence-corrected chi connectivity index (χ2v) is 5.00. The van der Waals surface area contributed by atoms with Gasteiger partial charge in [-0.1, -0.05) is 13.0 Å². The maximum absolute atomic E-state index is 13.3. The van der Waals surface area contributed by atoms with Crippen LogP contribution in [0.25, 0.3) is 5.52 Å². The smallest absolute Gasteiger partial charge is 0.123 e. The van der Waals surface area contributed by atoms with Crippen LogP contribution in [0.15, 0.2) is 43.0 Å². The number of rotatable bonds is 4. The van der Waals surface area contributed by atoms with Crippen molar-refractivity contribution in [1.29, 1.82) is 0 Å². The molecule has 0 saturated carbocycles. The molecule has 0 aliphatic rings. The summed E-state index contributed by atoms with van der Waals surface area (Å²) in [4.78, 5) is 4.17. The van der Waals surface area contributed by atoms with Crippen LogP contribution in [0.1, 0.15) is 29.7 Å². The van der Waals surface area contributed by atoms with Gasteiger partial charge in [0.25, 0.3) is 0 Å². The van der Waals surface area contributed by atoms with Gasteiger partial charge in [-0.25, -0.2) is 8.91 Å². The molecule has 3 aromatic rings. The van der Waals surface area contributed by atoms with Crippen molar-refractivity contribution in [3.05, 3.63) is 65.5 Å². The van der Waals surface area contributed by atoms with Gasteiger partial charge < -0.3 is 5.32 Å². The van der Waals surface area contributed by atoms with E-state index in [4.69, 9.17) is 0 Å². The Bertz CT molecular complexity index is 766. The second kappa shape index (κ2) is 5.61. The zero-order valence-corrected chi connectivity index (χ0v) is 12.0. The average molecular weight is 284 g/mol. The van der Waals surface area contributed by atoms with Crippen molar-refractivity contribution in [2.24, 2.45) is 0 Å². The van der Waals surface area contributed by atoms with E-state index >= 15 is 0 Å². The number of aromatic nitrogens is 3. The van der Waals surface area contributed by atoms with Gasteiger partial charge in [-0.15, -0.1) is 0 Å². The Hall–Kier alpha value is -2.27. The van der Waals surface area contributed by atoms with Gasteiger partial charge in [0.2, 0.25) is 0 Å². The van der Waals surface area contributed by atoms with Crippen molar-refractivity contribution in [3.8, 4) is 0 Å². The molecule has 2 aromatic heterocycles. The number of nitrogens with one attached hydrogen (secondary N) is 1. The van der Waals surface area contributed by atoms with Crippen molar-refractivity contribution < 1.29 is 4.39 Å². The fourth-order valence-corrected chi connectivity index (χ4v) is 2.63. The maximum atomic E-state index is 13.3. The molecular weight excluding hydrogens is 267 g/mol. The first-order chi connectivity index (χ1) is 10.2. The Kier molecular flexibility index (Phi) is 3.66. The monoisotopic (exact) mass is 284 g/mol. The third-order valence-corrected chi connectivity index (χ3v) is 3.62. The summed E-state index contributed by atoms with van der Waals surface area (Å²) in [5.41, 5.74) is 3.97. The van der Waals surface area contributed by atoms with E-state index in [0.29, 0.717) is 0 Å². The lowest BCUT2D eigenvalue weighted by atomic mass is 9.96. The molecule has 0 radical (unpaired) electrons. The van der Waals surface area contributed by atoms with Crippen molar-refractivity contribution >= 4 is 5.52 Å². The largest absolute Gasteiger partial charge is 0.306 e. The summed E-state index contributed by atoms with van der Waals surface area (Å²) >= 11 is 0. The summed E-state index contributed by atoms with van der Waals surface area (Å²) in [5, 5.41) is 7.81. The van der Waals surface area contributed by atoms with Crippen molar-refractivity contribution in [2.75, 3.05) is 6.54 Å². The SMILES string of the molecule is CCNC(c1ccc(F)cc1C)c1cnn2ccncc12. The van der Waals surface area contributed by atoms with Crippen molar-refractivity contribution in [3.63, 3.8) is 0 Å². The van der Waals surface area contributed by atoms with Crippen LogP contribution in [0.4, 0.5) is 4.39 Å². The Balaban J connectivity index is 2.13. The Morgan fingerprint density at radius 2 is 2.14 bits per heavy atom. The van der Waals surface area contributed by atoms with Crippen LogP contribution in [-0.4, -0.2) is 21.1 Å². The summed E-state index contributed by atoms with van der Waals surface area (Å²) in [6.07, 6.45) is 7.16. The van der Waals surface area contributed by atoms with E-state index in [1.807, 2.05) is 25.4 Å². The minimum absolute atomic E-state index is 0.0303. The topological polar surface area (TPSA) is 42.2 Å². The predicted octanol–water partition coefficient (Wildman–Crippen LogP) is 2.88. The van der Waals surface area contributed by atoms with E-state index in [1.165, 1.54) is 6.07 Å². The molecule has 0 amide bonds. The third-order valence-electron chi connectivity index (χ3n) is 3.62. The lowest BCUT2D eigenvalue weighted by molar-refractivity contribution is 0.611. The molecule has 0 fully saturated rings. The van der Waals surface area contributed by atoms with E-state index in [1.54, 1.807) is 23.0 Å². The summed E-state index contributed by atoms with van der Waals surface area (Å²) in [7, 11) is 0. The molecule has 4 nitrogen and oxygen atoms in total. The van der Waals surface area contributed by atoms with Crippen molar-refractivity contribution in [1.82, 2.24) is 19.9 Å². The van der Waals surface area contributed by atoms with Crippen LogP contribution in [0.2, 0.25) is 0 Å². The summed E-state index contributed by atoms with van der Waals surface area (Å²) in [6, 6.07) is 4.86.